The van der Waals surface area contributed by atoms with Crippen LogP contribution in [0.5, 0.6) is 0 Å². The Bertz CT molecular complexity index is 712. The van der Waals surface area contributed by atoms with E-state index in [0.717, 1.165) is 29.4 Å². The van der Waals surface area contributed by atoms with Crippen molar-refractivity contribution in [2.24, 2.45) is 0 Å². The molecule has 1 aliphatic carbocycles. The third-order valence-corrected chi connectivity index (χ3v) is 4.75. The monoisotopic (exact) mass is 346 g/mol. The van der Waals surface area contributed by atoms with Crippen LogP contribution >= 0.6 is 11.8 Å². The minimum Gasteiger partial charge on any atom is -0.383 e. The molecule has 24 heavy (non-hydrogen) atoms. The highest BCUT2D eigenvalue weighted by Gasteiger charge is 2.23. The van der Waals surface area contributed by atoms with E-state index in [-0.39, 0.29) is 5.91 Å². The van der Waals surface area contributed by atoms with E-state index >= 15 is 0 Å². The van der Waals surface area contributed by atoms with Gasteiger partial charge in [-0.15, -0.1) is 10.2 Å². The number of carbonyl (C=O) groups excluding carboxylic acids is 1. The summed E-state index contributed by atoms with van der Waals surface area (Å²) in [5.74, 6) is 1.22. The predicted molar refractivity (Wildman–Crippen MR) is 94.0 cm³/mol. The lowest BCUT2D eigenvalue weighted by molar-refractivity contribution is -0.118. The second kappa shape index (κ2) is 7.81. The van der Waals surface area contributed by atoms with E-state index in [9.17, 15) is 4.79 Å². The Labute approximate surface area is 146 Å². The molecule has 1 aliphatic rings. The number of methoxy groups -OCH3 is 1. The van der Waals surface area contributed by atoms with E-state index in [1.54, 1.807) is 7.11 Å². The number of thioether (sulfide) groups is 1. The van der Waals surface area contributed by atoms with Gasteiger partial charge >= 0.3 is 0 Å². The van der Waals surface area contributed by atoms with Crippen molar-refractivity contribution in [2.75, 3.05) is 19.5 Å². The molecule has 3 rings (SSSR count). The van der Waals surface area contributed by atoms with Crippen LogP contribution in [-0.2, 0) is 16.1 Å². The zero-order chi connectivity index (χ0) is 16.9. The Morgan fingerprint density at radius 1 is 1.42 bits per heavy atom. The Balaban J connectivity index is 1.76. The quantitative estimate of drug-likeness (QED) is 0.743. The molecular formula is C17H22N4O2S. The lowest BCUT2D eigenvalue weighted by Gasteiger charge is -2.10. The first-order valence-corrected chi connectivity index (χ1v) is 9.07. The van der Waals surface area contributed by atoms with Crippen LogP contribution in [-0.4, -0.2) is 46.2 Å². The van der Waals surface area contributed by atoms with E-state index in [0.29, 0.717) is 24.9 Å². The van der Waals surface area contributed by atoms with Crippen molar-refractivity contribution in [1.82, 2.24) is 20.1 Å². The normalized spacial score (nSPS) is 13.9. The van der Waals surface area contributed by atoms with Crippen molar-refractivity contribution in [2.45, 2.75) is 37.5 Å². The van der Waals surface area contributed by atoms with Crippen molar-refractivity contribution >= 4 is 17.7 Å². The number of nitrogens with one attached hydrogen (secondary N) is 1. The molecule has 1 N–H and O–H groups in total. The second-order valence-corrected chi connectivity index (χ2v) is 6.89. The maximum Gasteiger partial charge on any atom is 0.230 e. The first kappa shape index (κ1) is 17.0. The van der Waals surface area contributed by atoms with E-state index in [4.69, 9.17) is 4.74 Å². The van der Waals surface area contributed by atoms with Gasteiger partial charge in [0.25, 0.3) is 0 Å². The number of carbonyl (C=O) groups is 1. The molecule has 128 valence electrons. The fraction of sp³-hybridized carbons (Fsp3) is 0.471. The molecule has 2 aromatic rings. The number of benzene rings is 1. The number of hydrogen-bond donors (Lipinski definition) is 1. The summed E-state index contributed by atoms with van der Waals surface area (Å²) < 4.78 is 7.23. The second-order valence-electron chi connectivity index (χ2n) is 5.95. The summed E-state index contributed by atoms with van der Waals surface area (Å²) in [6, 6.07) is 8.55. The molecule has 0 radical (unpaired) electrons. The summed E-state index contributed by atoms with van der Waals surface area (Å²) in [6.07, 6.45) is 2.19. The summed E-state index contributed by atoms with van der Waals surface area (Å²) in [7, 11) is 1.67. The number of rotatable bonds is 8. The van der Waals surface area contributed by atoms with Crippen LogP contribution in [0.25, 0.3) is 11.4 Å². The average molecular weight is 346 g/mol. The van der Waals surface area contributed by atoms with Gasteiger partial charge in [-0.05, 0) is 25.8 Å². The van der Waals surface area contributed by atoms with Gasteiger partial charge < -0.3 is 10.1 Å². The highest BCUT2D eigenvalue weighted by molar-refractivity contribution is 7.99. The molecule has 0 saturated heterocycles. The number of nitrogens with zero attached hydrogens (tertiary/aromatic N) is 3. The van der Waals surface area contributed by atoms with E-state index in [2.05, 4.69) is 34.6 Å². The number of ether oxygens (including phenoxy) is 1. The lowest BCUT2D eigenvalue weighted by atomic mass is 10.1. The van der Waals surface area contributed by atoms with Crippen molar-refractivity contribution in [3.8, 4) is 11.4 Å². The molecule has 0 bridgehead atoms. The van der Waals surface area contributed by atoms with Gasteiger partial charge in [0.15, 0.2) is 11.0 Å². The van der Waals surface area contributed by atoms with Gasteiger partial charge in [0.05, 0.1) is 18.9 Å². The predicted octanol–water partition coefficient (Wildman–Crippen LogP) is 2.27. The van der Waals surface area contributed by atoms with Crippen LogP contribution in [0.3, 0.4) is 0 Å². The molecule has 1 saturated carbocycles. The molecular weight excluding hydrogens is 324 g/mol. The Morgan fingerprint density at radius 2 is 2.25 bits per heavy atom. The van der Waals surface area contributed by atoms with Gasteiger partial charge in [0, 0.05) is 18.7 Å². The maximum atomic E-state index is 11.9. The van der Waals surface area contributed by atoms with Gasteiger partial charge in [-0.3, -0.25) is 9.36 Å². The van der Waals surface area contributed by atoms with Gasteiger partial charge in [0.1, 0.15) is 0 Å². The van der Waals surface area contributed by atoms with Crippen molar-refractivity contribution < 1.29 is 9.53 Å². The van der Waals surface area contributed by atoms with Gasteiger partial charge in [0.2, 0.25) is 5.91 Å². The van der Waals surface area contributed by atoms with Crippen LogP contribution in [0.2, 0.25) is 0 Å². The molecule has 0 spiro atoms. The Morgan fingerprint density at radius 3 is 2.96 bits per heavy atom. The zero-order valence-electron chi connectivity index (χ0n) is 14.0. The van der Waals surface area contributed by atoms with E-state index in [1.807, 2.05) is 16.7 Å². The van der Waals surface area contributed by atoms with E-state index in [1.165, 1.54) is 17.3 Å². The minimum absolute atomic E-state index is 0.0564. The van der Waals surface area contributed by atoms with Crippen molar-refractivity contribution in [3.05, 3.63) is 29.8 Å². The molecule has 0 unspecified atom stereocenters. The highest BCUT2D eigenvalue weighted by Crippen LogP contribution is 2.25. The molecule has 1 aromatic carbocycles. The molecule has 6 nitrogen and oxygen atoms in total. The van der Waals surface area contributed by atoms with Crippen LogP contribution in [0.4, 0.5) is 0 Å². The molecule has 7 heteroatoms. The van der Waals surface area contributed by atoms with Crippen LogP contribution in [0.1, 0.15) is 18.4 Å². The fourth-order valence-corrected chi connectivity index (χ4v) is 3.18. The topological polar surface area (TPSA) is 69.0 Å². The molecule has 0 atom stereocenters. The Hall–Kier alpha value is -1.86. The van der Waals surface area contributed by atoms with Crippen LogP contribution in [0, 0.1) is 6.92 Å². The number of hydrogen-bond acceptors (Lipinski definition) is 5. The van der Waals surface area contributed by atoms with Crippen LogP contribution < -0.4 is 5.32 Å². The third-order valence-electron chi connectivity index (χ3n) is 3.79. The fourth-order valence-electron chi connectivity index (χ4n) is 2.40. The highest BCUT2D eigenvalue weighted by atomic mass is 32.2. The molecule has 1 fully saturated rings. The summed E-state index contributed by atoms with van der Waals surface area (Å²) in [4.78, 5) is 11.9. The first-order chi connectivity index (χ1) is 11.7. The van der Waals surface area contributed by atoms with Gasteiger partial charge in [-0.25, -0.2) is 0 Å². The number of aromatic nitrogens is 3. The van der Waals surface area contributed by atoms with Crippen LogP contribution in [0.15, 0.2) is 29.4 Å². The first-order valence-electron chi connectivity index (χ1n) is 8.08. The summed E-state index contributed by atoms with van der Waals surface area (Å²) >= 11 is 1.42. The molecule has 1 amide bonds. The van der Waals surface area contributed by atoms with Crippen molar-refractivity contribution in [3.63, 3.8) is 0 Å². The SMILES string of the molecule is COCCn1c(SCC(=O)NC2CC2)nnc1-c1cccc(C)c1. The molecule has 1 aromatic heterocycles. The number of aryl methyl sites for hydroxylation is 1. The smallest absolute Gasteiger partial charge is 0.230 e. The average Bonchev–Trinajstić information content (AvgIpc) is 3.28. The Kier molecular flexibility index (Phi) is 5.52. The molecule has 1 heterocycles. The zero-order valence-corrected chi connectivity index (χ0v) is 14.8. The minimum atomic E-state index is 0.0564. The summed E-state index contributed by atoms with van der Waals surface area (Å²) in [5.41, 5.74) is 2.19. The summed E-state index contributed by atoms with van der Waals surface area (Å²) in [5, 5.41) is 12.4. The largest absolute Gasteiger partial charge is 0.383 e. The van der Waals surface area contributed by atoms with Gasteiger partial charge in [-0.2, -0.15) is 0 Å². The standard InChI is InChI=1S/C17H22N4O2S/c1-12-4-3-5-13(10-12)16-19-20-17(21(16)8-9-23-2)24-11-15(22)18-14-6-7-14/h3-5,10,14H,6-9,11H2,1-2H3,(H,18,22). The van der Waals surface area contributed by atoms with Crippen molar-refractivity contribution in [1.29, 1.82) is 0 Å². The van der Waals surface area contributed by atoms with Gasteiger partial charge in [-0.1, -0.05) is 35.5 Å². The number of amides is 1. The molecule has 0 aliphatic heterocycles. The summed E-state index contributed by atoms with van der Waals surface area (Å²) in [6.45, 7) is 3.27. The van der Waals surface area contributed by atoms with E-state index < -0.39 is 0 Å². The maximum absolute atomic E-state index is 11.9. The third kappa shape index (κ3) is 4.36. The lowest BCUT2D eigenvalue weighted by Crippen LogP contribution is -2.27.